The molecule has 0 fully saturated rings. The summed E-state index contributed by atoms with van der Waals surface area (Å²) in [5.74, 6) is 4.54. The monoisotopic (exact) mass is 346 g/mol. The number of benzene rings is 3. The Balaban J connectivity index is 1.94. The van der Waals surface area contributed by atoms with E-state index in [1.165, 1.54) is 0 Å². The van der Waals surface area contributed by atoms with Crippen molar-refractivity contribution in [3.05, 3.63) is 102 Å². The van der Waals surface area contributed by atoms with Gasteiger partial charge in [-0.15, -0.1) is 0 Å². The van der Waals surface area contributed by atoms with Gasteiger partial charge in [-0.05, 0) is 12.1 Å². The fourth-order valence-corrected chi connectivity index (χ4v) is 2.61. The zero-order valence-corrected chi connectivity index (χ0v) is 14.0. The molecule has 0 aliphatic carbocycles. The molecule has 5 nitrogen and oxygen atoms in total. The molecular formula is C21H18N2O3. The second-order valence-corrected chi connectivity index (χ2v) is 5.62. The van der Waals surface area contributed by atoms with Crippen molar-refractivity contribution in [1.29, 1.82) is 0 Å². The van der Waals surface area contributed by atoms with Crippen LogP contribution in [0.15, 0.2) is 84.9 Å². The summed E-state index contributed by atoms with van der Waals surface area (Å²) in [6.07, 6.45) is -1.04. The van der Waals surface area contributed by atoms with Crippen LogP contribution in [0.3, 0.4) is 0 Å². The topological polar surface area (TPSA) is 81.4 Å². The number of nitrogen functional groups attached to an aromatic ring is 1. The molecule has 0 bridgehead atoms. The Kier molecular flexibility index (Phi) is 5.41. The summed E-state index contributed by atoms with van der Waals surface area (Å²) in [5, 5.41) is 0. The summed E-state index contributed by atoms with van der Waals surface area (Å²) in [6.45, 7) is 0. The Hall–Kier alpha value is -3.44. The van der Waals surface area contributed by atoms with Crippen LogP contribution in [0.5, 0.6) is 0 Å². The van der Waals surface area contributed by atoms with E-state index in [-0.39, 0.29) is 11.3 Å². The van der Waals surface area contributed by atoms with E-state index in [0.29, 0.717) is 16.8 Å². The van der Waals surface area contributed by atoms with E-state index >= 15 is 0 Å². The second kappa shape index (κ2) is 8.09. The number of nitrogens with two attached hydrogens (primary N) is 1. The summed E-state index contributed by atoms with van der Waals surface area (Å²) in [6, 6.07) is 24.4. The number of ketones is 1. The van der Waals surface area contributed by atoms with E-state index in [4.69, 9.17) is 10.6 Å². The first-order chi connectivity index (χ1) is 12.7. The van der Waals surface area contributed by atoms with Crippen LogP contribution in [0.1, 0.15) is 32.4 Å². The number of anilines is 1. The van der Waals surface area contributed by atoms with Gasteiger partial charge in [0.1, 0.15) is 0 Å². The third kappa shape index (κ3) is 3.79. The lowest BCUT2D eigenvalue weighted by molar-refractivity contribution is 0.0281. The van der Waals surface area contributed by atoms with Gasteiger partial charge in [-0.1, -0.05) is 72.8 Å². The zero-order chi connectivity index (χ0) is 18.4. The van der Waals surface area contributed by atoms with Crippen molar-refractivity contribution in [3.8, 4) is 0 Å². The van der Waals surface area contributed by atoms with Crippen LogP contribution < -0.4 is 11.3 Å². The molecule has 0 saturated carbocycles. The van der Waals surface area contributed by atoms with Gasteiger partial charge in [0.2, 0.25) is 5.78 Å². The second-order valence-electron chi connectivity index (χ2n) is 5.62. The standard InChI is InChI=1S/C21H18N2O3/c22-23-18-14-8-7-13-17(18)21(25)26-20(16-11-5-2-6-12-16)19(24)15-9-3-1-4-10-15/h1-14,20,23H,22H2. The molecular weight excluding hydrogens is 328 g/mol. The van der Waals surface area contributed by atoms with Crippen LogP contribution >= 0.6 is 0 Å². The lowest BCUT2D eigenvalue weighted by Gasteiger charge is -2.18. The first kappa shape index (κ1) is 17.4. The number of para-hydroxylation sites is 1. The van der Waals surface area contributed by atoms with Crippen LogP contribution in [0.4, 0.5) is 5.69 Å². The molecule has 0 aliphatic rings. The van der Waals surface area contributed by atoms with Crippen molar-refractivity contribution in [1.82, 2.24) is 0 Å². The molecule has 3 aromatic rings. The first-order valence-electron chi connectivity index (χ1n) is 8.11. The number of hydrogen-bond donors (Lipinski definition) is 2. The normalized spacial score (nSPS) is 11.4. The van der Waals surface area contributed by atoms with Crippen molar-refractivity contribution >= 4 is 17.4 Å². The van der Waals surface area contributed by atoms with Crippen LogP contribution in [-0.2, 0) is 4.74 Å². The maximum atomic E-state index is 12.9. The van der Waals surface area contributed by atoms with Crippen molar-refractivity contribution < 1.29 is 14.3 Å². The molecule has 3 aromatic carbocycles. The molecule has 0 radical (unpaired) electrons. The van der Waals surface area contributed by atoms with Crippen LogP contribution in [0.25, 0.3) is 0 Å². The SMILES string of the molecule is NNc1ccccc1C(=O)OC(C(=O)c1ccccc1)c1ccccc1. The number of hydrazine groups is 1. The van der Waals surface area contributed by atoms with Gasteiger partial charge in [0, 0.05) is 11.1 Å². The molecule has 0 saturated heterocycles. The average Bonchev–Trinajstić information content (AvgIpc) is 2.72. The average molecular weight is 346 g/mol. The lowest BCUT2D eigenvalue weighted by Crippen LogP contribution is -2.21. The molecule has 26 heavy (non-hydrogen) atoms. The fourth-order valence-electron chi connectivity index (χ4n) is 2.61. The molecule has 5 heteroatoms. The molecule has 0 heterocycles. The summed E-state index contributed by atoms with van der Waals surface area (Å²) in [5.41, 5.74) is 4.23. The number of ether oxygens (including phenoxy) is 1. The van der Waals surface area contributed by atoms with Crippen molar-refractivity contribution in [3.63, 3.8) is 0 Å². The van der Waals surface area contributed by atoms with E-state index in [0.717, 1.165) is 0 Å². The maximum Gasteiger partial charge on any atom is 0.341 e. The minimum absolute atomic E-state index is 0.261. The summed E-state index contributed by atoms with van der Waals surface area (Å²) >= 11 is 0. The molecule has 0 aliphatic heterocycles. The Bertz CT molecular complexity index is 895. The van der Waals surface area contributed by atoms with Gasteiger partial charge >= 0.3 is 5.97 Å². The summed E-state index contributed by atoms with van der Waals surface area (Å²) in [4.78, 5) is 25.6. The van der Waals surface area contributed by atoms with Crippen LogP contribution in [-0.4, -0.2) is 11.8 Å². The van der Waals surface area contributed by atoms with Crippen LogP contribution in [0.2, 0.25) is 0 Å². The van der Waals surface area contributed by atoms with E-state index in [1.807, 2.05) is 12.1 Å². The highest BCUT2D eigenvalue weighted by Crippen LogP contribution is 2.25. The minimum atomic E-state index is -1.04. The summed E-state index contributed by atoms with van der Waals surface area (Å²) in [7, 11) is 0. The van der Waals surface area contributed by atoms with Gasteiger partial charge in [0.25, 0.3) is 0 Å². The predicted octanol–water partition coefficient (Wildman–Crippen LogP) is 3.75. The molecule has 0 amide bonds. The Morgan fingerprint density at radius 1 is 0.808 bits per heavy atom. The Morgan fingerprint density at radius 3 is 2.04 bits per heavy atom. The smallest absolute Gasteiger partial charge is 0.341 e. The van der Waals surface area contributed by atoms with Gasteiger partial charge in [-0.3, -0.25) is 10.6 Å². The van der Waals surface area contributed by atoms with Gasteiger partial charge in [-0.2, -0.15) is 0 Å². The highest BCUT2D eigenvalue weighted by atomic mass is 16.5. The number of hydrogen-bond acceptors (Lipinski definition) is 5. The third-order valence-corrected chi connectivity index (χ3v) is 3.93. The van der Waals surface area contributed by atoms with Gasteiger partial charge in [0.05, 0.1) is 11.3 Å². The fraction of sp³-hybridized carbons (Fsp3) is 0.0476. The highest BCUT2D eigenvalue weighted by molar-refractivity contribution is 6.03. The van der Waals surface area contributed by atoms with E-state index in [2.05, 4.69) is 5.43 Å². The molecule has 130 valence electrons. The first-order valence-corrected chi connectivity index (χ1v) is 8.11. The number of esters is 1. The number of carbonyl (C=O) groups is 2. The quantitative estimate of drug-likeness (QED) is 0.307. The number of nitrogens with one attached hydrogen (secondary N) is 1. The van der Waals surface area contributed by atoms with Crippen LogP contribution in [0, 0.1) is 0 Å². The molecule has 1 atom stereocenters. The number of rotatable bonds is 6. The third-order valence-electron chi connectivity index (χ3n) is 3.93. The van der Waals surface area contributed by atoms with Crippen molar-refractivity contribution in [2.24, 2.45) is 5.84 Å². The molecule has 0 spiro atoms. The summed E-state index contributed by atoms with van der Waals surface area (Å²) < 4.78 is 5.60. The molecule has 1 unspecified atom stereocenters. The molecule has 3 rings (SSSR count). The largest absolute Gasteiger partial charge is 0.445 e. The Labute approximate surface area is 151 Å². The Morgan fingerprint density at radius 2 is 1.38 bits per heavy atom. The lowest BCUT2D eigenvalue weighted by atomic mass is 9.99. The number of Topliss-reactive ketones (excluding diaryl/α,β-unsaturated/α-hetero) is 1. The highest BCUT2D eigenvalue weighted by Gasteiger charge is 2.27. The maximum absolute atomic E-state index is 12.9. The minimum Gasteiger partial charge on any atom is -0.445 e. The van der Waals surface area contributed by atoms with Crippen molar-refractivity contribution in [2.75, 3.05) is 5.43 Å². The van der Waals surface area contributed by atoms with Gasteiger partial charge in [-0.25, -0.2) is 4.79 Å². The van der Waals surface area contributed by atoms with E-state index in [1.54, 1.807) is 72.8 Å². The zero-order valence-electron chi connectivity index (χ0n) is 14.0. The predicted molar refractivity (Wildman–Crippen MR) is 99.6 cm³/mol. The van der Waals surface area contributed by atoms with Gasteiger partial charge < -0.3 is 10.2 Å². The van der Waals surface area contributed by atoms with E-state index in [9.17, 15) is 9.59 Å². The van der Waals surface area contributed by atoms with Gasteiger partial charge in [0.15, 0.2) is 6.10 Å². The molecule has 3 N–H and O–H groups in total. The van der Waals surface area contributed by atoms with Crippen molar-refractivity contribution in [2.45, 2.75) is 6.10 Å². The number of carbonyl (C=O) groups excluding carboxylic acids is 2. The molecule has 0 aromatic heterocycles. The van der Waals surface area contributed by atoms with E-state index < -0.39 is 12.1 Å².